The van der Waals surface area contributed by atoms with Crippen LogP contribution in [0, 0.1) is 0 Å². The number of phenols is 1. The molecule has 0 aliphatic carbocycles. The summed E-state index contributed by atoms with van der Waals surface area (Å²) in [4.78, 5) is 0. The molecule has 1 aliphatic rings. The molecule has 3 rings (SSSR count). The van der Waals surface area contributed by atoms with Crippen molar-refractivity contribution in [2.24, 2.45) is 0 Å². The minimum Gasteiger partial charge on any atom is -0.507 e. The van der Waals surface area contributed by atoms with Gasteiger partial charge in [0.15, 0.2) is 0 Å². The van der Waals surface area contributed by atoms with Gasteiger partial charge in [-0.1, -0.05) is 30.3 Å². The van der Waals surface area contributed by atoms with Crippen LogP contribution in [-0.4, -0.2) is 11.7 Å². The van der Waals surface area contributed by atoms with Crippen molar-refractivity contribution in [1.29, 1.82) is 0 Å². The molecular weight excluding hydrogens is 222 g/mol. The van der Waals surface area contributed by atoms with Crippen LogP contribution < -0.4 is 5.32 Å². The largest absolute Gasteiger partial charge is 0.507 e. The lowest BCUT2D eigenvalue weighted by molar-refractivity contribution is 0.385. The number of nitrogens with one attached hydrogen (secondary N) is 1. The van der Waals surface area contributed by atoms with Gasteiger partial charge < -0.3 is 10.4 Å². The van der Waals surface area contributed by atoms with Gasteiger partial charge in [-0.25, -0.2) is 0 Å². The van der Waals surface area contributed by atoms with Crippen molar-refractivity contribution in [3.63, 3.8) is 0 Å². The zero-order valence-electron chi connectivity index (χ0n) is 8.81. The third kappa shape index (κ3) is 1.64. The first-order valence-corrected chi connectivity index (χ1v) is 5.30. The molecule has 0 bridgehead atoms. The Bertz CT molecular complexity index is 508. The Kier molecular flexibility index (Phi) is 3.03. The van der Waals surface area contributed by atoms with Gasteiger partial charge in [0.25, 0.3) is 0 Å². The third-order valence-electron chi connectivity index (χ3n) is 3.13. The Morgan fingerprint density at radius 2 is 1.75 bits per heavy atom. The van der Waals surface area contributed by atoms with Gasteiger partial charge >= 0.3 is 0 Å². The first kappa shape index (κ1) is 11.2. The Hall–Kier alpha value is -1.25. The summed E-state index contributed by atoms with van der Waals surface area (Å²) < 4.78 is 0. The maximum atomic E-state index is 9.75. The number of phenolic OH excluding ortho intramolecular Hbond substituents is 1. The summed E-state index contributed by atoms with van der Waals surface area (Å²) in [5, 5.41) is 15.2. The predicted molar refractivity (Wildman–Crippen MR) is 68.2 cm³/mol. The van der Waals surface area contributed by atoms with Crippen LogP contribution in [0.4, 0.5) is 0 Å². The quantitative estimate of drug-likeness (QED) is 0.797. The normalized spacial score (nSPS) is 18.9. The molecule has 0 radical (unpaired) electrons. The van der Waals surface area contributed by atoms with Gasteiger partial charge in [0.2, 0.25) is 0 Å². The van der Waals surface area contributed by atoms with Crippen LogP contribution >= 0.6 is 12.4 Å². The lowest BCUT2D eigenvalue weighted by Crippen LogP contribution is -2.34. The van der Waals surface area contributed by atoms with E-state index in [0.29, 0.717) is 11.8 Å². The molecule has 2 aromatic rings. The monoisotopic (exact) mass is 235 g/mol. The Labute approximate surface area is 101 Å². The van der Waals surface area contributed by atoms with Crippen molar-refractivity contribution in [2.45, 2.75) is 12.5 Å². The molecule has 1 saturated heterocycles. The van der Waals surface area contributed by atoms with E-state index in [-0.39, 0.29) is 12.4 Å². The van der Waals surface area contributed by atoms with Crippen molar-refractivity contribution in [1.82, 2.24) is 5.32 Å². The van der Waals surface area contributed by atoms with E-state index >= 15 is 0 Å². The van der Waals surface area contributed by atoms with Gasteiger partial charge in [-0.05, 0) is 30.0 Å². The molecule has 1 fully saturated rings. The summed E-state index contributed by atoms with van der Waals surface area (Å²) in [5.41, 5.74) is 1.30. The summed E-state index contributed by atoms with van der Waals surface area (Å²) >= 11 is 0. The lowest BCUT2D eigenvalue weighted by Gasteiger charge is -2.29. The minimum atomic E-state index is 0. The van der Waals surface area contributed by atoms with Crippen LogP contribution in [0.15, 0.2) is 36.4 Å². The van der Waals surface area contributed by atoms with Crippen molar-refractivity contribution in [2.75, 3.05) is 6.54 Å². The molecule has 0 unspecified atom stereocenters. The molecule has 0 saturated carbocycles. The zero-order valence-corrected chi connectivity index (χ0v) is 9.63. The molecule has 84 valence electrons. The molecule has 2 nitrogen and oxygen atoms in total. The van der Waals surface area contributed by atoms with Crippen molar-refractivity contribution in [3.8, 4) is 5.75 Å². The fourth-order valence-electron chi connectivity index (χ4n) is 2.16. The highest BCUT2D eigenvalue weighted by Gasteiger charge is 2.20. The molecule has 1 aliphatic heterocycles. The smallest absolute Gasteiger partial charge is 0.123 e. The van der Waals surface area contributed by atoms with E-state index in [0.717, 1.165) is 17.3 Å². The highest BCUT2D eigenvalue weighted by Crippen LogP contribution is 2.33. The number of fused-ring (bicyclic) bond motifs is 1. The van der Waals surface area contributed by atoms with Gasteiger partial charge in [-0.2, -0.15) is 0 Å². The number of hydrogen-bond acceptors (Lipinski definition) is 2. The van der Waals surface area contributed by atoms with Crippen LogP contribution in [0.3, 0.4) is 0 Å². The highest BCUT2D eigenvalue weighted by atomic mass is 35.5. The molecule has 1 heterocycles. The maximum Gasteiger partial charge on any atom is 0.123 e. The molecule has 1 atom stereocenters. The van der Waals surface area contributed by atoms with Gasteiger partial charge in [0.1, 0.15) is 5.75 Å². The highest BCUT2D eigenvalue weighted by molar-refractivity contribution is 5.91. The summed E-state index contributed by atoms with van der Waals surface area (Å²) in [5.74, 6) is 0.369. The number of rotatable bonds is 1. The van der Waals surface area contributed by atoms with E-state index in [1.54, 1.807) is 6.07 Å². The number of halogens is 1. The fraction of sp³-hybridized carbons (Fsp3) is 0.231. The molecule has 2 N–H and O–H groups in total. The zero-order chi connectivity index (χ0) is 10.3. The van der Waals surface area contributed by atoms with Crippen LogP contribution in [0.2, 0.25) is 0 Å². The van der Waals surface area contributed by atoms with Crippen molar-refractivity contribution >= 4 is 23.2 Å². The van der Waals surface area contributed by atoms with E-state index in [2.05, 4.69) is 11.4 Å². The molecule has 3 heteroatoms. The molecule has 0 aromatic heterocycles. The SMILES string of the molecule is Cl.Oc1ccc([C@H]2CCN2)c2ccccc12. The Balaban J connectivity index is 0.000000963. The summed E-state index contributed by atoms with van der Waals surface area (Å²) in [6, 6.07) is 12.3. The fourth-order valence-corrected chi connectivity index (χ4v) is 2.16. The lowest BCUT2D eigenvalue weighted by atomic mass is 9.92. The maximum absolute atomic E-state index is 9.75. The van der Waals surface area contributed by atoms with E-state index in [4.69, 9.17) is 0 Å². The Morgan fingerprint density at radius 3 is 2.38 bits per heavy atom. The third-order valence-corrected chi connectivity index (χ3v) is 3.13. The van der Waals surface area contributed by atoms with Crippen LogP contribution in [0.1, 0.15) is 18.0 Å². The first-order valence-electron chi connectivity index (χ1n) is 5.30. The molecule has 0 spiro atoms. The summed E-state index contributed by atoms with van der Waals surface area (Å²) in [6.07, 6.45) is 1.19. The average molecular weight is 236 g/mol. The van der Waals surface area contributed by atoms with E-state index in [1.165, 1.54) is 12.0 Å². The topological polar surface area (TPSA) is 32.3 Å². The Morgan fingerprint density at radius 1 is 1.06 bits per heavy atom. The minimum absolute atomic E-state index is 0. The first-order chi connectivity index (χ1) is 7.36. The van der Waals surface area contributed by atoms with Crippen LogP contribution in [0.25, 0.3) is 10.8 Å². The molecule has 0 amide bonds. The number of benzene rings is 2. The number of hydrogen-bond donors (Lipinski definition) is 2. The standard InChI is InChI=1S/C13H13NO.ClH/c15-13-6-5-10(12-7-8-14-12)9-3-1-2-4-11(9)13;/h1-6,12,14-15H,7-8H2;1H/t12-;/m1./s1. The average Bonchev–Trinajstić information content (AvgIpc) is 2.20. The van der Waals surface area contributed by atoms with Crippen LogP contribution in [-0.2, 0) is 0 Å². The van der Waals surface area contributed by atoms with E-state index < -0.39 is 0 Å². The van der Waals surface area contributed by atoms with Crippen molar-refractivity contribution < 1.29 is 5.11 Å². The second-order valence-electron chi connectivity index (χ2n) is 4.01. The van der Waals surface area contributed by atoms with E-state index in [1.807, 2.05) is 24.3 Å². The van der Waals surface area contributed by atoms with Gasteiger partial charge in [-0.3, -0.25) is 0 Å². The van der Waals surface area contributed by atoms with Gasteiger partial charge in [0, 0.05) is 11.4 Å². The molecule has 2 aromatic carbocycles. The van der Waals surface area contributed by atoms with Gasteiger partial charge in [-0.15, -0.1) is 12.4 Å². The second-order valence-corrected chi connectivity index (χ2v) is 4.01. The van der Waals surface area contributed by atoms with Crippen LogP contribution in [0.5, 0.6) is 5.75 Å². The summed E-state index contributed by atoms with van der Waals surface area (Å²) in [7, 11) is 0. The second kappa shape index (κ2) is 4.32. The molecular formula is C13H14ClNO. The predicted octanol–water partition coefficient (Wildman–Crippen LogP) is 3.00. The van der Waals surface area contributed by atoms with Crippen molar-refractivity contribution in [3.05, 3.63) is 42.0 Å². The molecule has 16 heavy (non-hydrogen) atoms. The summed E-state index contributed by atoms with van der Waals surface area (Å²) in [6.45, 7) is 1.10. The van der Waals surface area contributed by atoms with Gasteiger partial charge in [0.05, 0.1) is 0 Å². The van der Waals surface area contributed by atoms with E-state index in [9.17, 15) is 5.11 Å². The number of aromatic hydroxyl groups is 1.